The van der Waals surface area contributed by atoms with Gasteiger partial charge >= 0.3 is 0 Å². The van der Waals surface area contributed by atoms with E-state index in [1.54, 1.807) is 0 Å². The number of nitrogens with zero attached hydrogens (tertiary/aromatic N) is 1. The molecule has 2 heteroatoms. The zero-order chi connectivity index (χ0) is 7.47. The number of hydrogen-bond donors (Lipinski definition) is 0. The summed E-state index contributed by atoms with van der Waals surface area (Å²) >= 11 is 0. The predicted molar refractivity (Wildman–Crippen MR) is 42.4 cm³/mol. The molecule has 4 rings (SSSR count). The highest BCUT2D eigenvalue weighted by atomic mass is 16.5. The highest BCUT2D eigenvalue weighted by molar-refractivity contribution is 5.19. The van der Waals surface area contributed by atoms with Crippen molar-refractivity contribution in [2.45, 2.75) is 30.8 Å². The van der Waals surface area contributed by atoms with E-state index in [0.29, 0.717) is 5.54 Å². The Morgan fingerprint density at radius 3 is 2.82 bits per heavy atom. The van der Waals surface area contributed by atoms with E-state index in [4.69, 9.17) is 4.74 Å². The SMILES string of the molecule is COC[C@@]12CCN1C1CC2C1. The van der Waals surface area contributed by atoms with Crippen LogP contribution < -0.4 is 0 Å². The minimum atomic E-state index is 0.527. The fourth-order valence-corrected chi connectivity index (χ4v) is 3.32. The van der Waals surface area contributed by atoms with Crippen LogP contribution in [0.4, 0.5) is 0 Å². The van der Waals surface area contributed by atoms with E-state index in [2.05, 4.69) is 4.90 Å². The van der Waals surface area contributed by atoms with Gasteiger partial charge in [-0.3, -0.25) is 4.90 Å². The van der Waals surface area contributed by atoms with Crippen molar-refractivity contribution < 1.29 is 4.74 Å². The van der Waals surface area contributed by atoms with Crippen LogP contribution in [0.15, 0.2) is 0 Å². The Balaban J connectivity index is 1.86. The van der Waals surface area contributed by atoms with Gasteiger partial charge in [-0.2, -0.15) is 0 Å². The van der Waals surface area contributed by atoms with E-state index < -0.39 is 0 Å². The molecule has 4 fully saturated rings. The van der Waals surface area contributed by atoms with E-state index in [9.17, 15) is 0 Å². The second-order valence-corrected chi connectivity index (χ2v) is 4.30. The lowest BCUT2D eigenvalue weighted by Gasteiger charge is -2.47. The summed E-state index contributed by atoms with van der Waals surface area (Å²) < 4.78 is 5.31. The van der Waals surface area contributed by atoms with Crippen LogP contribution in [0.3, 0.4) is 0 Å². The molecule has 4 aliphatic rings. The van der Waals surface area contributed by atoms with Crippen molar-refractivity contribution in [2.75, 3.05) is 20.3 Å². The van der Waals surface area contributed by atoms with Gasteiger partial charge in [-0.05, 0) is 25.2 Å². The normalized spacial score (nSPS) is 53.2. The van der Waals surface area contributed by atoms with Crippen LogP contribution in [0.5, 0.6) is 0 Å². The van der Waals surface area contributed by atoms with Crippen molar-refractivity contribution in [3.8, 4) is 0 Å². The Labute approximate surface area is 67.5 Å². The van der Waals surface area contributed by atoms with E-state index in [1.807, 2.05) is 7.11 Å². The quantitative estimate of drug-likeness (QED) is 0.583. The molecule has 0 aromatic heterocycles. The highest BCUT2D eigenvalue weighted by Gasteiger charge is 2.64. The Kier molecular flexibility index (Phi) is 1.06. The van der Waals surface area contributed by atoms with Gasteiger partial charge in [0, 0.05) is 25.2 Å². The third-order valence-electron chi connectivity index (χ3n) is 4.07. The van der Waals surface area contributed by atoms with Gasteiger partial charge in [0.25, 0.3) is 0 Å². The Hall–Kier alpha value is -0.0800. The molecule has 0 unspecified atom stereocenters. The van der Waals surface area contributed by atoms with Crippen molar-refractivity contribution in [3.63, 3.8) is 0 Å². The molecule has 11 heavy (non-hydrogen) atoms. The summed E-state index contributed by atoms with van der Waals surface area (Å²) in [5.74, 6) is 0.987. The molecule has 1 aliphatic carbocycles. The lowest BCUT2D eigenvalue weighted by atomic mass is 9.73. The van der Waals surface area contributed by atoms with Crippen LogP contribution in [-0.2, 0) is 4.74 Å². The van der Waals surface area contributed by atoms with Gasteiger partial charge in [-0.25, -0.2) is 0 Å². The molecule has 0 spiro atoms. The molecule has 0 N–H and O–H groups in total. The van der Waals surface area contributed by atoms with Gasteiger partial charge < -0.3 is 4.74 Å². The van der Waals surface area contributed by atoms with Crippen LogP contribution in [0, 0.1) is 5.92 Å². The zero-order valence-corrected chi connectivity index (χ0v) is 7.05. The summed E-state index contributed by atoms with van der Waals surface area (Å²) in [4.78, 5) is 2.68. The summed E-state index contributed by atoms with van der Waals surface area (Å²) in [7, 11) is 1.83. The topological polar surface area (TPSA) is 12.5 Å². The largest absolute Gasteiger partial charge is 0.383 e. The van der Waals surface area contributed by atoms with Gasteiger partial charge in [0.15, 0.2) is 0 Å². The molecule has 2 nitrogen and oxygen atoms in total. The molecule has 3 saturated heterocycles. The Bertz CT molecular complexity index is 188. The van der Waals surface area contributed by atoms with Crippen molar-refractivity contribution in [1.82, 2.24) is 4.90 Å². The number of ether oxygens (including phenoxy) is 1. The van der Waals surface area contributed by atoms with Gasteiger partial charge in [0.05, 0.1) is 6.61 Å². The molecule has 1 atom stereocenters. The molecular weight excluding hydrogens is 138 g/mol. The molecule has 2 bridgehead atoms. The van der Waals surface area contributed by atoms with Crippen LogP contribution in [0.2, 0.25) is 0 Å². The van der Waals surface area contributed by atoms with E-state index in [0.717, 1.165) is 18.6 Å². The van der Waals surface area contributed by atoms with E-state index in [-0.39, 0.29) is 0 Å². The van der Waals surface area contributed by atoms with Crippen molar-refractivity contribution in [1.29, 1.82) is 0 Å². The summed E-state index contributed by atoms with van der Waals surface area (Å²) in [5, 5.41) is 0. The molecule has 3 aliphatic heterocycles. The molecule has 0 amide bonds. The molecular formula is C9H15NO. The maximum Gasteiger partial charge on any atom is 0.0649 e. The lowest BCUT2D eigenvalue weighted by Crippen LogP contribution is -2.58. The first-order chi connectivity index (χ1) is 5.37. The first-order valence-electron chi connectivity index (χ1n) is 4.62. The number of methoxy groups -OCH3 is 1. The van der Waals surface area contributed by atoms with E-state index >= 15 is 0 Å². The number of rotatable bonds is 2. The van der Waals surface area contributed by atoms with Gasteiger partial charge in [-0.1, -0.05) is 0 Å². The average Bonchev–Trinajstić information content (AvgIpc) is 2.16. The monoisotopic (exact) mass is 153 g/mol. The van der Waals surface area contributed by atoms with E-state index in [1.165, 1.54) is 25.8 Å². The first-order valence-corrected chi connectivity index (χ1v) is 4.62. The molecule has 62 valence electrons. The summed E-state index contributed by atoms with van der Waals surface area (Å²) in [6, 6.07) is 0.948. The van der Waals surface area contributed by atoms with Crippen molar-refractivity contribution in [3.05, 3.63) is 0 Å². The lowest BCUT2D eigenvalue weighted by molar-refractivity contribution is -0.0374. The summed E-state index contributed by atoms with van der Waals surface area (Å²) in [6.07, 6.45) is 4.31. The molecule has 0 aromatic rings. The molecule has 0 aromatic carbocycles. The second kappa shape index (κ2) is 1.80. The van der Waals surface area contributed by atoms with Crippen LogP contribution in [-0.4, -0.2) is 36.7 Å². The van der Waals surface area contributed by atoms with Crippen molar-refractivity contribution >= 4 is 0 Å². The third kappa shape index (κ3) is 0.541. The highest BCUT2D eigenvalue weighted by Crippen LogP contribution is 2.58. The fraction of sp³-hybridized carbons (Fsp3) is 1.00. The third-order valence-corrected chi connectivity index (χ3v) is 4.07. The molecule has 1 saturated carbocycles. The van der Waals surface area contributed by atoms with Gasteiger partial charge in [-0.15, -0.1) is 0 Å². The minimum Gasteiger partial charge on any atom is -0.383 e. The predicted octanol–water partition coefficient (Wildman–Crippen LogP) is 0.870. The first kappa shape index (κ1) is 6.44. The van der Waals surface area contributed by atoms with Gasteiger partial charge in [0.1, 0.15) is 0 Å². The minimum absolute atomic E-state index is 0.527. The van der Waals surface area contributed by atoms with Crippen LogP contribution >= 0.6 is 0 Å². The zero-order valence-electron chi connectivity index (χ0n) is 7.05. The number of hydrogen-bond acceptors (Lipinski definition) is 2. The Morgan fingerprint density at radius 2 is 2.36 bits per heavy atom. The van der Waals surface area contributed by atoms with Crippen molar-refractivity contribution in [2.24, 2.45) is 5.92 Å². The fourth-order valence-electron chi connectivity index (χ4n) is 3.32. The smallest absolute Gasteiger partial charge is 0.0649 e. The van der Waals surface area contributed by atoms with Crippen LogP contribution in [0.1, 0.15) is 19.3 Å². The van der Waals surface area contributed by atoms with Gasteiger partial charge in [0.2, 0.25) is 0 Å². The van der Waals surface area contributed by atoms with Crippen LogP contribution in [0.25, 0.3) is 0 Å². The average molecular weight is 153 g/mol. The Morgan fingerprint density at radius 1 is 1.55 bits per heavy atom. The summed E-state index contributed by atoms with van der Waals surface area (Å²) in [6.45, 7) is 2.32. The summed E-state index contributed by atoms with van der Waals surface area (Å²) in [5.41, 5.74) is 0.527. The standard InChI is InChI=1S/C9H15NO/c1-11-6-9-2-3-10(9)8-4-7(9)5-8/h7-8H,2-6H2,1H3/t7?,8?,9-/m1/s1. The maximum atomic E-state index is 5.31. The second-order valence-electron chi connectivity index (χ2n) is 4.30. The molecule has 0 radical (unpaired) electrons. The molecule has 3 heterocycles. The maximum absolute atomic E-state index is 5.31.